The summed E-state index contributed by atoms with van der Waals surface area (Å²) in [5.41, 5.74) is 0. The minimum atomic E-state index is 0.0608. The van der Waals surface area contributed by atoms with Gasteiger partial charge in [0.1, 0.15) is 0 Å². The first-order valence-corrected chi connectivity index (χ1v) is 6.17. The Hall–Kier alpha value is -1.06. The van der Waals surface area contributed by atoms with Crippen molar-refractivity contribution < 1.29 is 9.59 Å². The van der Waals surface area contributed by atoms with Crippen molar-refractivity contribution in [1.82, 2.24) is 9.80 Å². The highest BCUT2D eigenvalue weighted by Gasteiger charge is 2.35. The van der Waals surface area contributed by atoms with Gasteiger partial charge in [-0.05, 0) is 12.8 Å². The van der Waals surface area contributed by atoms with Gasteiger partial charge in [-0.1, -0.05) is 13.8 Å². The second-order valence-electron chi connectivity index (χ2n) is 5.08. The Balaban J connectivity index is 1.82. The fraction of sp³-hybridized carbons (Fsp3) is 0.833. The van der Waals surface area contributed by atoms with Crippen LogP contribution in [0.1, 0.15) is 26.7 Å². The molecule has 16 heavy (non-hydrogen) atoms. The average Bonchev–Trinajstić information content (AvgIpc) is 3.11. The number of piperazine rings is 1. The molecule has 90 valence electrons. The monoisotopic (exact) mass is 224 g/mol. The average molecular weight is 224 g/mol. The Morgan fingerprint density at radius 2 is 1.50 bits per heavy atom. The lowest BCUT2D eigenvalue weighted by Crippen LogP contribution is -2.51. The normalized spacial score (nSPS) is 21.4. The SMILES string of the molecule is CC(C)C(=O)N1CCN(C(=O)C2CC2)CC1. The van der Waals surface area contributed by atoms with E-state index in [-0.39, 0.29) is 11.8 Å². The predicted molar refractivity (Wildman–Crippen MR) is 60.7 cm³/mol. The molecule has 0 spiro atoms. The first-order valence-electron chi connectivity index (χ1n) is 6.17. The van der Waals surface area contributed by atoms with Gasteiger partial charge in [0.2, 0.25) is 11.8 Å². The molecule has 1 saturated heterocycles. The van der Waals surface area contributed by atoms with Crippen molar-refractivity contribution in [2.75, 3.05) is 26.2 Å². The van der Waals surface area contributed by atoms with Crippen LogP contribution in [-0.4, -0.2) is 47.8 Å². The predicted octanol–water partition coefficient (Wildman–Crippen LogP) is 0.723. The van der Waals surface area contributed by atoms with Crippen LogP contribution in [0.2, 0.25) is 0 Å². The highest BCUT2D eigenvalue weighted by molar-refractivity contribution is 5.82. The summed E-state index contributed by atoms with van der Waals surface area (Å²) in [6.45, 7) is 6.68. The molecule has 2 fully saturated rings. The molecule has 0 aromatic heterocycles. The topological polar surface area (TPSA) is 40.6 Å². The van der Waals surface area contributed by atoms with Crippen LogP contribution in [0.15, 0.2) is 0 Å². The Bertz CT molecular complexity index is 267. The van der Waals surface area contributed by atoms with Crippen LogP contribution < -0.4 is 0 Å². The number of hydrogen-bond donors (Lipinski definition) is 0. The lowest BCUT2D eigenvalue weighted by molar-refractivity contribution is -0.142. The first-order chi connectivity index (χ1) is 7.59. The van der Waals surface area contributed by atoms with Gasteiger partial charge in [0, 0.05) is 38.0 Å². The van der Waals surface area contributed by atoms with Gasteiger partial charge in [-0.2, -0.15) is 0 Å². The second-order valence-corrected chi connectivity index (χ2v) is 5.08. The summed E-state index contributed by atoms with van der Waals surface area (Å²) in [5, 5.41) is 0. The molecule has 1 aliphatic heterocycles. The van der Waals surface area contributed by atoms with Gasteiger partial charge in [0.15, 0.2) is 0 Å². The quantitative estimate of drug-likeness (QED) is 0.693. The maximum Gasteiger partial charge on any atom is 0.225 e. The highest BCUT2D eigenvalue weighted by atomic mass is 16.2. The van der Waals surface area contributed by atoms with E-state index in [1.165, 1.54) is 0 Å². The molecule has 0 aromatic rings. The van der Waals surface area contributed by atoms with E-state index in [0.29, 0.717) is 38.0 Å². The maximum absolute atomic E-state index is 11.8. The Morgan fingerprint density at radius 1 is 1.00 bits per heavy atom. The third-order valence-corrected chi connectivity index (χ3v) is 3.32. The Labute approximate surface area is 96.6 Å². The van der Waals surface area contributed by atoms with Crippen LogP contribution in [0, 0.1) is 11.8 Å². The molecule has 0 bridgehead atoms. The standard InChI is InChI=1S/C12H20N2O2/c1-9(2)11(15)13-5-7-14(8-6-13)12(16)10-3-4-10/h9-10H,3-8H2,1-2H3. The van der Waals surface area contributed by atoms with E-state index in [0.717, 1.165) is 12.8 Å². The van der Waals surface area contributed by atoms with E-state index in [1.807, 2.05) is 23.6 Å². The van der Waals surface area contributed by atoms with Crippen LogP contribution in [0.3, 0.4) is 0 Å². The van der Waals surface area contributed by atoms with Crippen molar-refractivity contribution in [3.05, 3.63) is 0 Å². The molecular weight excluding hydrogens is 204 g/mol. The van der Waals surface area contributed by atoms with E-state index in [2.05, 4.69) is 0 Å². The van der Waals surface area contributed by atoms with Gasteiger partial charge in [-0.25, -0.2) is 0 Å². The lowest BCUT2D eigenvalue weighted by Gasteiger charge is -2.35. The van der Waals surface area contributed by atoms with Crippen LogP contribution in [0.5, 0.6) is 0 Å². The van der Waals surface area contributed by atoms with Crippen molar-refractivity contribution in [2.45, 2.75) is 26.7 Å². The van der Waals surface area contributed by atoms with Gasteiger partial charge >= 0.3 is 0 Å². The molecule has 4 heteroatoms. The minimum Gasteiger partial charge on any atom is -0.339 e. The molecule has 0 radical (unpaired) electrons. The van der Waals surface area contributed by atoms with Gasteiger partial charge in [0.25, 0.3) is 0 Å². The molecule has 0 unspecified atom stereocenters. The van der Waals surface area contributed by atoms with Crippen molar-refractivity contribution in [1.29, 1.82) is 0 Å². The third-order valence-electron chi connectivity index (χ3n) is 3.32. The molecule has 1 aliphatic carbocycles. The van der Waals surface area contributed by atoms with Gasteiger partial charge in [0.05, 0.1) is 0 Å². The molecule has 0 atom stereocenters. The summed E-state index contributed by atoms with van der Waals surface area (Å²) in [6, 6.07) is 0. The number of amides is 2. The summed E-state index contributed by atoms with van der Waals surface area (Å²) >= 11 is 0. The van der Waals surface area contributed by atoms with Crippen molar-refractivity contribution in [3.8, 4) is 0 Å². The number of nitrogens with zero attached hydrogens (tertiary/aromatic N) is 2. The van der Waals surface area contributed by atoms with Crippen molar-refractivity contribution in [2.24, 2.45) is 11.8 Å². The summed E-state index contributed by atoms with van der Waals surface area (Å²) < 4.78 is 0. The zero-order chi connectivity index (χ0) is 11.7. The molecule has 0 N–H and O–H groups in total. The minimum absolute atomic E-state index is 0.0608. The Kier molecular flexibility index (Phi) is 3.17. The fourth-order valence-electron chi connectivity index (χ4n) is 2.10. The van der Waals surface area contributed by atoms with Gasteiger partial charge in [-0.15, -0.1) is 0 Å². The summed E-state index contributed by atoms with van der Waals surface area (Å²) in [4.78, 5) is 27.3. The second kappa shape index (κ2) is 4.44. The smallest absolute Gasteiger partial charge is 0.225 e. The van der Waals surface area contributed by atoms with E-state index in [9.17, 15) is 9.59 Å². The number of hydrogen-bond acceptors (Lipinski definition) is 2. The van der Waals surface area contributed by atoms with Crippen molar-refractivity contribution in [3.63, 3.8) is 0 Å². The molecule has 0 aromatic carbocycles. The van der Waals surface area contributed by atoms with E-state index < -0.39 is 0 Å². The number of carbonyl (C=O) groups excluding carboxylic acids is 2. The molecule has 1 saturated carbocycles. The first kappa shape index (κ1) is 11.4. The summed E-state index contributed by atoms with van der Waals surface area (Å²) in [7, 11) is 0. The third kappa shape index (κ3) is 2.36. The summed E-state index contributed by atoms with van der Waals surface area (Å²) in [5.74, 6) is 0.869. The highest BCUT2D eigenvalue weighted by Crippen LogP contribution is 2.31. The zero-order valence-corrected chi connectivity index (χ0v) is 10.1. The summed E-state index contributed by atoms with van der Waals surface area (Å²) in [6.07, 6.45) is 2.12. The van der Waals surface area contributed by atoms with Gasteiger partial charge in [-0.3, -0.25) is 9.59 Å². The number of rotatable bonds is 2. The Morgan fingerprint density at radius 3 is 1.94 bits per heavy atom. The van der Waals surface area contributed by atoms with E-state index >= 15 is 0 Å². The molecule has 2 aliphatic rings. The molecule has 4 nitrogen and oxygen atoms in total. The molecule has 2 rings (SSSR count). The molecule has 1 heterocycles. The van der Waals surface area contributed by atoms with E-state index in [1.54, 1.807) is 0 Å². The zero-order valence-electron chi connectivity index (χ0n) is 10.1. The number of carbonyl (C=O) groups is 2. The maximum atomic E-state index is 11.8. The van der Waals surface area contributed by atoms with Crippen LogP contribution >= 0.6 is 0 Å². The lowest BCUT2D eigenvalue weighted by atomic mass is 10.1. The fourth-order valence-corrected chi connectivity index (χ4v) is 2.10. The largest absolute Gasteiger partial charge is 0.339 e. The molecule has 2 amide bonds. The van der Waals surface area contributed by atoms with Gasteiger partial charge < -0.3 is 9.80 Å². The van der Waals surface area contributed by atoms with Crippen LogP contribution in [0.4, 0.5) is 0 Å². The van der Waals surface area contributed by atoms with Crippen LogP contribution in [0.25, 0.3) is 0 Å². The van der Waals surface area contributed by atoms with Crippen molar-refractivity contribution >= 4 is 11.8 Å². The van der Waals surface area contributed by atoms with Crippen LogP contribution in [-0.2, 0) is 9.59 Å². The van der Waals surface area contributed by atoms with E-state index in [4.69, 9.17) is 0 Å². The molecular formula is C12H20N2O2.